The van der Waals surface area contributed by atoms with Gasteiger partial charge in [0.25, 0.3) is 0 Å². The number of nitrogens with one attached hydrogen (secondary N) is 3. The first-order valence-corrected chi connectivity index (χ1v) is 8.98. The molecule has 1 amide bonds. The van der Waals surface area contributed by atoms with E-state index in [1.165, 1.54) is 13.1 Å². The van der Waals surface area contributed by atoms with E-state index < -0.39 is 10.0 Å². The molecule has 1 heterocycles. The van der Waals surface area contributed by atoms with E-state index in [2.05, 4.69) is 15.4 Å². The summed E-state index contributed by atoms with van der Waals surface area (Å²) < 4.78 is 26.1. The normalized spacial score (nSPS) is 18.4. The van der Waals surface area contributed by atoms with E-state index in [1.807, 2.05) is 0 Å². The summed E-state index contributed by atoms with van der Waals surface area (Å²) in [5, 5.41) is 6.12. The lowest BCUT2D eigenvalue weighted by atomic mass is 10.1. The van der Waals surface area contributed by atoms with Crippen LogP contribution in [0.3, 0.4) is 0 Å². The van der Waals surface area contributed by atoms with Crippen molar-refractivity contribution in [1.29, 1.82) is 0 Å². The average molecular weight is 325 g/mol. The van der Waals surface area contributed by atoms with E-state index in [9.17, 15) is 13.2 Å². The summed E-state index contributed by atoms with van der Waals surface area (Å²) in [5.41, 5.74) is 1.14. The largest absolute Gasteiger partial charge is 0.326 e. The van der Waals surface area contributed by atoms with Crippen molar-refractivity contribution in [1.82, 2.24) is 10.0 Å². The topological polar surface area (TPSA) is 87.3 Å². The van der Waals surface area contributed by atoms with Crippen LogP contribution >= 0.6 is 0 Å². The third-order valence-electron chi connectivity index (χ3n) is 3.91. The molecule has 6 nitrogen and oxygen atoms in total. The maximum Gasteiger partial charge on any atom is 0.240 e. The van der Waals surface area contributed by atoms with Gasteiger partial charge in [0.1, 0.15) is 0 Å². The minimum absolute atomic E-state index is 0.0923. The zero-order chi connectivity index (χ0) is 16.2. The van der Waals surface area contributed by atoms with Crippen LogP contribution in [0.5, 0.6) is 0 Å². The third-order valence-corrected chi connectivity index (χ3v) is 5.47. The summed E-state index contributed by atoms with van der Waals surface area (Å²) in [7, 11) is -2.15. The number of carbonyl (C=O) groups excluding carboxylic acids is 1. The molecule has 1 fully saturated rings. The first kappa shape index (κ1) is 16.9. The van der Waals surface area contributed by atoms with Crippen LogP contribution in [0.1, 0.15) is 31.2 Å². The average Bonchev–Trinajstić information content (AvgIpc) is 3.00. The molecule has 122 valence electrons. The van der Waals surface area contributed by atoms with Gasteiger partial charge in [0, 0.05) is 18.2 Å². The molecular formula is C15H23N3O3S. The van der Waals surface area contributed by atoms with Crippen LogP contribution in [0, 0.1) is 6.92 Å². The molecule has 0 aromatic heterocycles. The lowest BCUT2D eigenvalue weighted by molar-refractivity contribution is -0.116. The Hall–Kier alpha value is -1.44. The maximum absolute atomic E-state index is 12.0. The second kappa shape index (κ2) is 7.21. The van der Waals surface area contributed by atoms with Gasteiger partial charge in [-0.25, -0.2) is 13.1 Å². The van der Waals surface area contributed by atoms with Crippen LogP contribution in [0.25, 0.3) is 0 Å². The predicted octanol–water partition coefficient (Wildman–Crippen LogP) is 1.37. The van der Waals surface area contributed by atoms with Crippen molar-refractivity contribution in [3.63, 3.8) is 0 Å². The molecule has 1 aliphatic heterocycles. The molecule has 1 aromatic carbocycles. The van der Waals surface area contributed by atoms with Crippen molar-refractivity contribution < 1.29 is 13.2 Å². The Morgan fingerprint density at radius 3 is 2.82 bits per heavy atom. The zero-order valence-electron chi connectivity index (χ0n) is 13.0. The molecule has 1 unspecified atom stereocenters. The van der Waals surface area contributed by atoms with Gasteiger partial charge >= 0.3 is 0 Å². The molecule has 2 rings (SSSR count). The minimum Gasteiger partial charge on any atom is -0.326 e. The predicted molar refractivity (Wildman–Crippen MR) is 86.3 cm³/mol. The lowest BCUT2D eigenvalue weighted by Crippen LogP contribution is -2.24. The monoisotopic (exact) mass is 325 g/mol. The molecule has 3 N–H and O–H groups in total. The van der Waals surface area contributed by atoms with Crippen molar-refractivity contribution in [2.24, 2.45) is 0 Å². The third kappa shape index (κ3) is 4.28. The van der Waals surface area contributed by atoms with Crippen molar-refractivity contribution in [2.75, 3.05) is 18.9 Å². The van der Waals surface area contributed by atoms with E-state index in [0.29, 0.717) is 23.7 Å². The Morgan fingerprint density at radius 2 is 2.18 bits per heavy atom. The summed E-state index contributed by atoms with van der Waals surface area (Å²) >= 11 is 0. The number of aryl methyl sites for hydroxylation is 1. The smallest absolute Gasteiger partial charge is 0.240 e. The lowest BCUT2D eigenvalue weighted by Gasteiger charge is -2.12. The highest BCUT2D eigenvalue weighted by Crippen LogP contribution is 2.20. The Balaban J connectivity index is 2.00. The number of hydrogen-bond acceptors (Lipinski definition) is 4. The minimum atomic E-state index is -3.52. The van der Waals surface area contributed by atoms with Crippen LogP contribution in [0.2, 0.25) is 0 Å². The highest BCUT2D eigenvalue weighted by molar-refractivity contribution is 7.89. The number of sulfonamides is 1. The summed E-state index contributed by atoms with van der Waals surface area (Å²) in [5.74, 6) is -0.0923. The van der Waals surface area contributed by atoms with Gasteiger partial charge in [-0.3, -0.25) is 4.79 Å². The molecule has 7 heteroatoms. The van der Waals surface area contributed by atoms with Gasteiger partial charge in [0.05, 0.1) is 4.90 Å². The first-order valence-electron chi connectivity index (χ1n) is 7.50. The fraction of sp³-hybridized carbons (Fsp3) is 0.533. The van der Waals surface area contributed by atoms with Gasteiger partial charge < -0.3 is 10.6 Å². The molecule has 22 heavy (non-hydrogen) atoms. The maximum atomic E-state index is 12.0. The van der Waals surface area contributed by atoms with Gasteiger partial charge in [-0.2, -0.15) is 0 Å². The van der Waals surface area contributed by atoms with E-state index in [0.717, 1.165) is 25.8 Å². The second-order valence-corrected chi connectivity index (χ2v) is 7.42. The van der Waals surface area contributed by atoms with E-state index in [-0.39, 0.29) is 10.8 Å². The van der Waals surface area contributed by atoms with E-state index in [4.69, 9.17) is 0 Å². The summed E-state index contributed by atoms with van der Waals surface area (Å²) in [6.45, 7) is 2.75. The Labute approximate surface area is 131 Å². The van der Waals surface area contributed by atoms with Crippen molar-refractivity contribution in [3.8, 4) is 0 Å². The fourth-order valence-electron chi connectivity index (χ4n) is 2.61. The second-order valence-electron chi connectivity index (χ2n) is 5.57. The molecule has 1 aromatic rings. The Morgan fingerprint density at radius 1 is 1.41 bits per heavy atom. The number of amides is 1. The van der Waals surface area contributed by atoms with Crippen LogP contribution in [0.15, 0.2) is 23.1 Å². The van der Waals surface area contributed by atoms with Gasteiger partial charge in [-0.1, -0.05) is 6.07 Å². The standard InChI is InChI=1S/C15H23N3O3S/c1-11-5-6-13(10-14(11)22(20,21)16-2)18-15(19)8-7-12-4-3-9-17-12/h5-6,10,12,16-17H,3-4,7-9H2,1-2H3,(H,18,19). The molecule has 0 bridgehead atoms. The first-order chi connectivity index (χ1) is 10.4. The summed E-state index contributed by atoms with van der Waals surface area (Å²) in [6, 6.07) is 5.32. The van der Waals surface area contributed by atoms with Crippen LogP contribution in [-0.2, 0) is 14.8 Å². The summed E-state index contributed by atoms with van der Waals surface area (Å²) in [4.78, 5) is 12.2. The van der Waals surface area contributed by atoms with Gasteiger partial charge in [-0.05, 0) is 57.5 Å². The molecular weight excluding hydrogens is 302 g/mol. The van der Waals surface area contributed by atoms with Gasteiger partial charge in [0.2, 0.25) is 15.9 Å². The molecule has 1 aliphatic rings. The van der Waals surface area contributed by atoms with Gasteiger partial charge in [0.15, 0.2) is 0 Å². The van der Waals surface area contributed by atoms with Crippen LogP contribution < -0.4 is 15.4 Å². The van der Waals surface area contributed by atoms with Crippen LogP contribution in [-0.4, -0.2) is 34.0 Å². The van der Waals surface area contributed by atoms with Crippen molar-refractivity contribution in [3.05, 3.63) is 23.8 Å². The SMILES string of the molecule is CNS(=O)(=O)c1cc(NC(=O)CCC2CCCN2)ccc1C. The number of rotatable bonds is 6. The molecule has 0 spiro atoms. The van der Waals surface area contributed by atoms with Crippen LogP contribution in [0.4, 0.5) is 5.69 Å². The molecule has 1 atom stereocenters. The highest BCUT2D eigenvalue weighted by atomic mass is 32.2. The molecule has 0 aliphatic carbocycles. The Bertz CT molecular complexity index is 637. The van der Waals surface area contributed by atoms with Gasteiger partial charge in [-0.15, -0.1) is 0 Å². The number of carbonyl (C=O) groups is 1. The number of hydrogen-bond donors (Lipinski definition) is 3. The fourth-order valence-corrected chi connectivity index (χ4v) is 3.60. The molecule has 0 saturated carbocycles. The molecule has 0 radical (unpaired) electrons. The van der Waals surface area contributed by atoms with Crippen molar-refractivity contribution >= 4 is 21.6 Å². The number of benzene rings is 1. The number of anilines is 1. The Kier molecular flexibility index (Phi) is 5.55. The zero-order valence-corrected chi connectivity index (χ0v) is 13.8. The quantitative estimate of drug-likeness (QED) is 0.737. The van der Waals surface area contributed by atoms with Crippen molar-refractivity contribution in [2.45, 2.75) is 43.5 Å². The summed E-state index contributed by atoms with van der Waals surface area (Å²) in [6.07, 6.45) is 3.51. The molecule has 1 saturated heterocycles. The van der Waals surface area contributed by atoms with E-state index in [1.54, 1.807) is 19.1 Å². The highest BCUT2D eigenvalue weighted by Gasteiger charge is 2.17. The van der Waals surface area contributed by atoms with E-state index >= 15 is 0 Å².